The Morgan fingerprint density at radius 1 is 1.22 bits per heavy atom. The van der Waals surface area contributed by atoms with Gasteiger partial charge in [0.25, 0.3) is 5.91 Å². The van der Waals surface area contributed by atoms with Crippen molar-refractivity contribution >= 4 is 45.8 Å². The number of nitrogens with one attached hydrogen (secondary N) is 1. The van der Waals surface area contributed by atoms with Crippen LogP contribution >= 0.6 is 22.9 Å². The van der Waals surface area contributed by atoms with Crippen LogP contribution in [0.2, 0.25) is 5.02 Å². The van der Waals surface area contributed by atoms with Gasteiger partial charge in [0.2, 0.25) is 0 Å². The Kier molecular flexibility index (Phi) is 7.32. The number of rotatable bonds is 7. The van der Waals surface area contributed by atoms with Gasteiger partial charge in [0.05, 0.1) is 12.2 Å². The number of amides is 1. The number of thiophene rings is 1. The summed E-state index contributed by atoms with van der Waals surface area (Å²) >= 11 is 7.07. The average Bonchev–Trinajstić information content (AvgIpc) is 3.04. The summed E-state index contributed by atoms with van der Waals surface area (Å²) in [6, 6.07) is 4.56. The predicted octanol–water partition coefficient (Wildman–Crippen LogP) is 3.89. The number of ether oxygens (including phenoxy) is 2. The molecule has 0 spiro atoms. The first kappa shape index (κ1) is 20.9. The lowest BCUT2D eigenvalue weighted by atomic mass is 10.1. The summed E-state index contributed by atoms with van der Waals surface area (Å²) in [7, 11) is 0. The lowest BCUT2D eigenvalue weighted by Gasteiger charge is -2.07. The molecular formula is C18H19ClN2O5S. The van der Waals surface area contributed by atoms with Gasteiger partial charge in [-0.25, -0.2) is 14.6 Å². The fourth-order valence-corrected chi connectivity index (χ4v) is 3.26. The number of esters is 2. The fraction of sp³-hybridized carbons (Fsp3) is 0.333. The first-order valence-corrected chi connectivity index (χ1v) is 9.40. The second kappa shape index (κ2) is 9.48. The van der Waals surface area contributed by atoms with Crippen molar-refractivity contribution in [1.82, 2.24) is 4.98 Å². The molecule has 0 radical (unpaired) electrons. The minimum atomic E-state index is -0.771. The normalized spacial score (nSPS) is 10.6. The van der Waals surface area contributed by atoms with Crippen LogP contribution in [0.25, 0.3) is 0 Å². The minimum absolute atomic E-state index is 0.000676. The summed E-state index contributed by atoms with van der Waals surface area (Å²) in [5.74, 6) is -1.68. The van der Waals surface area contributed by atoms with Crippen molar-refractivity contribution in [2.75, 3.05) is 18.5 Å². The van der Waals surface area contributed by atoms with Crippen LogP contribution in [-0.2, 0) is 14.3 Å². The van der Waals surface area contributed by atoms with Gasteiger partial charge in [-0.05, 0) is 31.0 Å². The molecule has 0 aliphatic heterocycles. The van der Waals surface area contributed by atoms with Crippen LogP contribution in [0.5, 0.6) is 0 Å². The summed E-state index contributed by atoms with van der Waals surface area (Å²) < 4.78 is 9.96. The molecule has 0 aliphatic rings. The Balaban J connectivity index is 2.04. The largest absolute Gasteiger partial charge is 0.462 e. The molecule has 0 aromatic carbocycles. The first-order valence-electron chi connectivity index (χ1n) is 8.21. The summed E-state index contributed by atoms with van der Waals surface area (Å²) in [6.07, 6.45) is 1.36. The predicted molar refractivity (Wildman–Crippen MR) is 103 cm³/mol. The van der Waals surface area contributed by atoms with E-state index in [9.17, 15) is 14.4 Å². The van der Waals surface area contributed by atoms with E-state index in [2.05, 4.69) is 10.3 Å². The Hall–Kier alpha value is -2.45. The number of pyridine rings is 1. The van der Waals surface area contributed by atoms with Crippen LogP contribution in [0.15, 0.2) is 24.4 Å². The molecule has 0 unspecified atom stereocenters. The molecule has 0 fully saturated rings. The molecule has 144 valence electrons. The van der Waals surface area contributed by atoms with E-state index in [1.54, 1.807) is 13.0 Å². The Morgan fingerprint density at radius 3 is 2.59 bits per heavy atom. The highest BCUT2D eigenvalue weighted by molar-refractivity contribution is 7.16. The molecule has 0 aliphatic carbocycles. The van der Waals surface area contributed by atoms with Crippen molar-refractivity contribution in [2.24, 2.45) is 0 Å². The Bertz CT molecular complexity index is 850. The first-order chi connectivity index (χ1) is 12.8. The fourth-order valence-electron chi connectivity index (χ4n) is 2.03. The smallest absolute Gasteiger partial charge is 0.357 e. The summed E-state index contributed by atoms with van der Waals surface area (Å²) in [6.45, 7) is 5.36. The third-order valence-corrected chi connectivity index (χ3v) is 4.92. The van der Waals surface area contributed by atoms with Crippen LogP contribution < -0.4 is 5.32 Å². The molecule has 7 nitrogen and oxygen atoms in total. The molecule has 27 heavy (non-hydrogen) atoms. The zero-order chi connectivity index (χ0) is 20.0. The maximum atomic E-state index is 12.1. The van der Waals surface area contributed by atoms with E-state index in [4.69, 9.17) is 21.1 Å². The minimum Gasteiger partial charge on any atom is -0.462 e. The number of aromatic nitrogens is 1. The zero-order valence-electron chi connectivity index (χ0n) is 15.1. The molecule has 9 heteroatoms. The number of carbonyl (C=O) groups excluding carboxylic acids is 3. The van der Waals surface area contributed by atoms with Gasteiger partial charge < -0.3 is 14.8 Å². The molecule has 2 aromatic rings. The number of nitrogens with zero attached hydrogens (tertiary/aromatic N) is 1. The van der Waals surface area contributed by atoms with Crippen LogP contribution in [0.4, 0.5) is 5.00 Å². The number of hydrogen-bond acceptors (Lipinski definition) is 7. The molecule has 1 N–H and O–H groups in total. The molecular weight excluding hydrogens is 392 g/mol. The second-order valence-corrected chi connectivity index (χ2v) is 7.27. The molecule has 2 heterocycles. The third kappa shape index (κ3) is 5.77. The molecule has 0 saturated heterocycles. The van der Waals surface area contributed by atoms with Gasteiger partial charge in [0.15, 0.2) is 6.61 Å². The SMILES string of the molecule is CCOC(=O)c1cc(C(C)C)sc1NC(=O)COC(=O)c1cc(Cl)ccn1. The van der Waals surface area contributed by atoms with Crippen molar-refractivity contribution in [3.8, 4) is 0 Å². The van der Waals surface area contributed by atoms with Crippen LogP contribution in [0.1, 0.15) is 52.4 Å². The number of carbonyl (C=O) groups is 3. The van der Waals surface area contributed by atoms with Gasteiger partial charge in [0, 0.05) is 16.1 Å². The van der Waals surface area contributed by atoms with Crippen molar-refractivity contribution in [1.29, 1.82) is 0 Å². The van der Waals surface area contributed by atoms with Crippen molar-refractivity contribution < 1.29 is 23.9 Å². The van der Waals surface area contributed by atoms with Gasteiger partial charge in [-0.3, -0.25) is 4.79 Å². The van der Waals surface area contributed by atoms with E-state index in [-0.39, 0.29) is 23.8 Å². The second-order valence-electron chi connectivity index (χ2n) is 5.75. The van der Waals surface area contributed by atoms with E-state index in [0.29, 0.717) is 10.0 Å². The van der Waals surface area contributed by atoms with Crippen molar-refractivity contribution in [2.45, 2.75) is 26.7 Å². The van der Waals surface area contributed by atoms with Gasteiger partial charge in [0.1, 0.15) is 10.7 Å². The lowest BCUT2D eigenvalue weighted by molar-refractivity contribution is -0.119. The van der Waals surface area contributed by atoms with E-state index >= 15 is 0 Å². The molecule has 2 rings (SSSR count). The van der Waals surface area contributed by atoms with Crippen LogP contribution in [-0.4, -0.2) is 36.0 Å². The summed E-state index contributed by atoms with van der Waals surface area (Å²) in [4.78, 5) is 40.9. The molecule has 0 saturated carbocycles. The molecule has 0 bridgehead atoms. The molecule has 1 amide bonds. The highest BCUT2D eigenvalue weighted by Crippen LogP contribution is 2.33. The standard InChI is InChI=1S/C18H19ClN2O5S/c1-4-25-17(23)12-8-14(10(2)3)27-16(12)21-15(22)9-26-18(24)13-7-11(19)5-6-20-13/h5-8,10H,4,9H2,1-3H3,(H,21,22). The van der Waals surface area contributed by atoms with Crippen LogP contribution in [0, 0.1) is 0 Å². The summed E-state index contributed by atoms with van der Waals surface area (Å²) in [5.41, 5.74) is 0.280. The van der Waals surface area contributed by atoms with Gasteiger partial charge in [-0.15, -0.1) is 11.3 Å². The Labute approximate surface area is 165 Å². The third-order valence-electron chi connectivity index (χ3n) is 3.33. The number of hydrogen-bond donors (Lipinski definition) is 1. The van der Waals surface area contributed by atoms with Crippen molar-refractivity contribution in [3.63, 3.8) is 0 Å². The van der Waals surface area contributed by atoms with Gasteiger partial charge in [-0.1, -0.05) is 25.4 Å². The van der Waals surface area contributed by atoms with Crippen molar-refractivity contribution in [3.05, 3.63) is 45.6 Å². The van der Waals surface area contributed by atoms with Crippen LogP contribution in [0.3, 0.4) is 0 Å². The number of anilines is 1. The lowest BCUT2D eigenvalue weighted by Crippen LogP contribution is -2.22. The quantitative estimate of drug-likeness (QED) is 0.696. The topological polar surface area (TPSA) is 94.6 Å². The number of halogens is 1. The van der Waals surface area contributed by atoms with E-state index in [1.807, 2.05) is 13.8 Å². The van der Waals surface area contributed by atoms with E-state index < -0.39 is 24.5 Å². The highest BCUT2D eigenvalue weighted by atomic mass is 35.5. The van der Waals surface area contributed by atoms with Gasteiger partial charge in [-0.2, -0.15) is 0 Å². The monoisotopic (exact) mass is 410 g/mol. The maximum absolute atomic E-state index is 12.1. The highest BCUT2D eigenvalue weighted by Gasteiger charge is 2.21. The van der Waals surface area contributed by atoms with Gasteiger partial charge >= 0.3 is 11.9 Å². The molecule has 2 aromatic heterocycles. The average molecular weight is 411 g/mol. The maximum Gasteiger partial charge on any atom is 0.357 e. The van der Waals surface area contributed by atoms with E-state index in [1.165, 1.54) is 29.7 Å². The Morgan fingerprint density at radius 2 is 1.96 bits per heavy atom. The van der Waals surface area contributed by atoms with E-state index in [0.717, 1.165) is 4.88 Å². The summed E-state index contributed by atoms with van der Waals surface area (Å²) in [5, 5.41) is 3.29. The zero-order valence-corrected chi connectivity index (χ0v) is 16.6. The molecule has 0 atom stereocenters.